The van der Waals surface area contributed by atoms with Crippen molar-refractivity contribution in [2.75, 3.05) is 14.1 Å². The second kappa shape index (κ2) is 6.13. The lowest BCUT2D eigenvalue weighted by molar-refractivity contribution is 0.0953. The molecule has 0 saturated carbocycles. The number of hydrogen-bond acceptors (Lipinski definition) is 5. The van der Waals surface area contributed by atoms with E-state index in [1.165, 1.54) is 11.3 Å². The van der Waals surface area contributed by atoms with E-state index in [4.69, 9.17) is 0 Å². The van der Waals surface area contributed by atoms with Gasteiger partial charge in [-0.1, -0.05) is 0 Å². The molecule has 3 rings (SSSR count). The van der Waals surface area contributed by atoms with E-state index in [0.717, 1.165) is 15.8 Å². The van der Waals surface area contributed by atoms with Crippen LogP contribution in [0.2, 0.25) is 0 Å². The number of fused-ring (bicyclic) bond motifs is 1. The summed E-state index contributed by atoms with van der Waals surface area (Å²) in [7, 11) is 3.16. The van der Waals surface area contributed by atoms with Gasteiger partial charge in [0.2, 0.25) is 0 Å². The van der Waals surface area contributed by atoms with Crippen molar-refractivity contribution in [3.8, 4) is 10.4 Å². The Kier molecular flexibility index (Phi) is 4.03. The lowest BCUT2D eigenvalue weighted by atomic mass is 10.1. The monoisotopic (exact) mass is 326 g/mol. The molecule has 0 aromatic carbocycles. The molecule has 2 N–H and O–H groups in total. The normalized spacial score (nSPS) is 10.5. The predicted octanol–water partition coefficient (Wildman–Crippen LogP) is 2.08. The Morgan fingerprint density at radius 2 is 1.78 bits per heavy atom. The zero-order valence-corrected chi connectivity index (χ0v) is 13.4. The van der Waals surface area contributed by atoms with Crippen molar-refractivity contribution >= 4 is 34.1 Å². The van der Waals surface area contributed by atoms with Crippen LogP contribution in [0.25, 0.3) is 21.3 Å². The second-order valence-corrected chi connectivity index (χ2v) is 5.86. The van der Waals surface area contributed by atoms with Gasteiger partial charge in [-0.05, 0) is 24.3 Å². The third-order valence-electron chi connectivity index (χ3n) is 3.38. The van der Waals surface area contributed by atoms with Crippen LogP contribution < -0.4 is 10.6 Å². The van der Waals surface area contributed by atoms with Gasteiger partial charge in [0.15, 0.2) is 0 Å². The molecule has 0 bridgehead atoms. The minimum absolute atomic E-state index is 0.131. The molecule has 0 aliphatic carbocycles. The number of carbonyl (C=O) groups excluding carboxylic acids is 2. The number of thiophene rings is 1. The van der Waals surface area contributed by atoms with E-state index in [0.29, 0.717) is 16.1 Å². The minimum atomic E-state index is -0.244. The zero-order valence-electron chi connectivity index (χ0n) is 12.6. The summed E-state index contributed by atoms with van der Waals surface area (Å²) in [6.07, 6.45) is 3.40. The number of nitrogens with one attached hydrogen (secondary N) is 2. The molecule has 0 atom stereocenters. The lowest BCUT2D eigenvalue weighted by Crippen LogP contribution is -2.19. The largest absolute Gasteiger partial charge is 0.354 e. The summed E-state index contributed by atoms with van der Waals surface area (Å²) < 4.78 is 0. The maximum atomic E-state index is 11.8. The second-order valence-electron chi connectivity index (χ2n) is 4.78. The Hall–Kier alpha value is -2.80. The van der Waals surface area contributed by atoms with Crippen molar-refractivity contribution in [3.63, 3.8) is 0 Å². The Morgan fingerprint density at radius 1 is 1.00 bits per heavy atom. The molecular formula is C16H14N4O2S. The van der Waals surface area contributed by atoms with Crippen molar-refractivity contribution in [3.05, 3.63) is 47.2 Å². The maximum Gasteiger partial charge on any atom is 0.269 e. The Labute approximate surface area is 136 Å². The number of hydrogen-bond donors (Lipinski definition) is 2. The summed E-state index contributed by atoms with van der Waals surface area (Å²) in [6, 6.07) is 7.11. The van der Waals surface area contributed by atoms with E-state index < -0.39 is 0 Å². The van der Waals surface area contributed by atoms with Gasteiger partial charge in [0.25, 0.3) is 11.8 Å². The van der Waals surface area contributed by atoms with Crippen LogP contribution in [0.15, 0.2) is 36.7 Å². The van der Waals surface area contributed by atoms with Crippen molar-refractivity contribution in [1.82, 2.24) is 20.6 Å². The molecule has 116 valence electrons. The average Bonchev–Trinajstić information content (AvgIpc) is 3.09. The van der Waals surface area contributed by atoms with Crippen LogP contribution >= 0.6 is 11.3 Å². The topological polar surface area (TPSA) is 84.0 Å². The molecule has 3 heterocycles. The molecule has 3 aromatic rings. The summed E-state index contributed by atoms with van der Waals surface area (Å²) in [4.78, 5) is 33.7. The molecule has 0 aliphatic heterocycles. The summed E-state index contributed by atoms with van der Waals surface area (Å²) in [5.74, 6) is -0.375. The minimum Gasteiger partial charge on any atom is -0.354 e. The lowest BCUT2D eigenvalue weighted by Gasteiger charge is -2.05. The number of rotatable bonds is 3. The first kappa shape index (κ1) is 15.1. The van der Waals surface area contributed by atoms with E-state index in [-0.39, 0.29) is 11.8 Å². The van der Waals surface area contributed by atoms with Gasteiger partial charge in [0.1, 0.15) is 5.69 Å². The van der Waals surface area contributed by atoms with Gasteiger partial charge in [-0.2, -0.15) is 0 Å². The van der Waals surface area contributed by atoms with Crippen molar-refractivity contribution < 1.29 is 9.59 Å². The van der Waals surface area contributed by atoms with E-state index in [1.807, 2.05) is 12.1 Å². The van der Waals surface area contributed by atoms with Crippen LogP contribution in [0, 0.1) is 0 Å². The van der Waals surface area contributed by atoms with Gasteiger partial charge in [0.05, 0.1) is 10.4 Å². The average molecular weight is 326 g/mol. The van der Waals surface area contributed by atoms with Crippen molar-refractivity contribution in [2.24, 2.45) is 0 Å². The summed E-state index contributed by atoms with van der Waals surface area (Å²) in [5, 5.41) is 6.00. The Bertz CT molecular complexity index is 904. The number of aromatic nitrogens is 2. The molecule has 6 nitrogen and oxygen atoms in total. The van der Waals surface area contributed by atoms with E-state index in [2.05, 4.69) is 20.6 Å². The molecule has 0 spiro atoms. The zero-order chi connectivity index (χ0) is 16.4. The Morgan fingerprint density at radius 3 is 2.52 bits per heavy atom. The smallest absolute Gasteiger partial charge is 0.269 e. The first-order valence-electron chi connectivity index (χ1n) is 6.93. The summed E-state index contributed by atoms with van der Waals surface area (Å²) >= 11 is 1.36. The van der Waals surface area contributed by atoms with E-state index >= 15 is 0 Å². The van der Waals surface area contributed by atoms with Gasteiger partial charge in [-0.15, -0.1) is 11.3 Å². The maximum absolute atomic E-state index is 11.8. The molecule has 2 amide bonds. The van der Waals surface area contributed by atoms with Crippen LogP contribution in [-0.4, -0.2) is 35.9 Å². The molecule has 3 aromatic heterocycles. The highest BCUT2D eigenvalue weighted by molar-refractivity contribution is 7.17. The molecule has 0 radical (unpaired) electrons. The number of amides is 2. The molecule has 0 aliphatic rings. The fraction of sp³-hybridized carbons (Fsp3) is 0.125. The fourth-order valence-corrected chi connectivity index (χ4v) is 3.17. The summed E-state index contributed by atoms with van der Waals surface area (Å²) in [6.45, 7) is 0. The van der Waals surface area contributed by atoms with Crippen LogP contribution in [0.3, 0.4) is 0 Å². The highest BCUT2D eigenvalue weighted by Crippen LogP contribution is 2.32. The third kappa shape index (κ3) is 2.78. The van der Waals surface area contributed by atoms with Crippen LogP contribution in [-0.2, 0) is 0 Å². The molecule has 7 heteroatoms. The van der Waals surface area contributed by atoms with Crippen molar-refractivity contribution in [1.29, 1.82) is 0 Å². The molecular weight excluding hydrogens is 312 g/mol. The number of carbonyl (C=O) groups is 2. The van der Waals surface area contributed by atoms with Gasteiger partial charge in [-0.3, -0.25) is 14.6 Å². The molecule has 0 fully saturated rings. The van der Waals surface area contributed by atoms with Crippen LogP contribution in [0.4, 0.5) is 0 Å². The van der Waals surface area contributed by atoms with Gasteiger partial charge < -0.3 is 10.6 Å². The third-order valence-corrected chi connectivity index (χ3v) is 4.50. The Balaban J connectivity index is 2.15. The van der Waals surface area contributed by atoms with Crippen LogP contribution in [0.5, 0.6) is 0 Å². The molecule has 0 unspecified atom stereocenters. The standard InChI is InChI=1S/C16H14N4O2S/c1-17-15(21)11-4-3-9-7-19-8-10(14(9)20-11)12-5-6-13(23-12)16(22)18-2/h3-8H,1-2H3,(H,17,21)(H,18,22). The quantitative estimate of drug-likeness (QED) is 0.772. The van der Waals surface area contributed by atoms with Crippen molar-refractivity contribution in [2.45, 2.75) is 0 Å². The summed E-state index contributed by atoms with van der Waals surface area (Å²) in [5.41, 5.74) is 1.83. The van der Waals surface area contributed by atoms with Gasteiger partial charge in [-0.25, -0.2) is 4.98 Å². The van der Waals surface area contributed by atoms with E-state index in [1.54, 1.807) is 38.6 Å². The fourth-order valence-electron chi connectivity index (χ4n) is 2.21. The first-order valence-corrected chi connectivity index (χ1v) is 7.75. The number of nitrogens with zero attached hydrogens (tertiary/aromatic N) is 2. The highest BCUT2D eigenvalue weighted by atomic mass is 32.1. The molecule has 0 saturated heterocycles. The van der Waals surface area contributed by atoms with Gasteiger partial charge >= 0.3 is 0 Å². The van der Waals surface area contributed by atoms with E-state index in [9.17, 15) is 9.59 Å². The van der Waals surface area contributed by atoms with Crippen LogP contribution in [0.1, 0.15) is 20.2 Å². The van der Waals surface area contributed by atoms with Gasteiger partial charge in [0, 0.05) is 42.3 Å². The predicted molar refractivity (Wildman–Crippen MR) is 89.6 cm³/mol. The SMILES string of the molecule is CNC(=O)c1ccc2cncc(-c3ccc(C(=O)NC)s3)c2n1. The number of pyridine rings is 2. The molecule has 23 heavy (non-hydrogen) atoms. The first-order chi connectivity index (χ1) is 11.1. The highest BCUT2D eigenvalue weighted by Gasteiger charge is 2.14.